The van der Waals surface area contributed by atoms with E-state index in [2.05, 4.69) is 12.1 Å². The summed E-state index contributed by atoms with van der Waals surface area (Å²) in [7, 11) is 0. The van der Waals surface area contributed by atoms with Crippen molar-refractivity contribution in [2.75, 3.05) is 6.61 Å². The number of aromatic hydroxyl groups is 1. The molecule has 0 aliphatic carbocycles. The molecule has 0 spiro atoms. The summed E-state index contributed by atoms with van der Waals surface area (Å²) < 4.78 is 11.3. The fourth-order valence-electron chi connectivity index (χ4n) is 5.22. The van der Waals surface area contributed by atoms with Crippen LogP contribution in [0.25, 0.3) is 0 Å². The van der Waals surface area contributed by atoms with E-state index in [0.717, 1.165) is 22.3 Å². The zero-order valence-electron chi connectivity index (χ0n) is 19.6. The van der Waals surface area contributed by atoms with E-state index < -0.39 is 29.9 Å². The van der Waals surface area contributed by atoms with Crippen LogP contribution in [-0.2, 0) is 19.1 Å². The maximum absolute atomic E-state index is 13.4. The molecule has 6 nitrogen and oxygen atoms in total. The van der Waals surface area contributed by atoms with E-state index in [1.54, 1.807) is 38.1 Å². The van der Waals surface area contributed by atoms with Gasteiger partial charge in [0.05, 0.1) is 17.9 Å². The first-order valence-electron chi connectivity index (χ1n) is 11.2. The molecule has 0 radical (unpaired) electrons. The van der Waals surface area contributed by atoms with Gasteiger partial charge in [0.1, 0.15) is 17.8 Å². The number of carbonyl (C=O) groups is 2. The van der Waals surface area contributed by atoms with Gasteiger partial charge in [-0.2, -0.15) is 0 Å². The van der Waals surface area contributed by atoms with Crippen molar-refractivity contribution in [2.45, 2.75) is 53.1 Å². The predicted octanol–water partition coefficient (Wildman–Crippen LogP) is 5.00. The molecule has 1 N–H and O–H groups in total. The molecular weight excluding hydrogens is 418 g/mol. The standard InChI is InChI=1S/C27H29NO5/c1-6-32-26(30)23-17(5)28-20-13-21(22-15(3)10-14(2)11-16(22)4)33-27(31)25(20)24(23)18-8-7-9-19(29)12-18/h7-12,21,23-24,29H,6,13H2,1-5H3. The Bertz CT molecular complexity index is 1170. The average Bonchev–Trinajstić information content (AvgIpc) is 2.72. The lowest BCUT2D eigenvalue weighted by Gasteiger charge is -2.36. The van der Waals surface area contributed by atoms with E-state index in [4.69, 9.17) is 14.5 Å². The van der Waals surface area contributed by atoms with Crippen LogP contribution in [0.4, 0.5) is 0 Å². The third kappa shape index (κ3) is 4.17. The quantitative estimate of drug-likeness (QED) is 0.667. The zero-order valence-corrected chi connectivity index (χ0v) is 19.6. The molecule has 0 aromatic heterocycles. The third-order valence-corrected chi connectivity index (χ3v) is 6.39. The highest BCUT2D eigenvalue weighted by Gasteiger charge is 2.46. The summed E-state index contributed by atoms with van der Waals surface area (Å²) in [5, 5.41) is 10.1. The van der Waals surface area contributed by atoms with Gasteiger partial charge in [-0.05, 0) is 69.0 Å². The van der Waals surface area contributed by atoms with Crippen LogP contribution >= 0.6 is 0 Å². The summed E-state index contributed by atoms with van der Waals surface area (Å²) in [6.45, 7) is 9.84. The molecule has 0 bridgehead atoms. The van der Waals surface area contributed by atoms with Crippen LogP contribution in [0.15, 0.2) is 52.7 Å². The first-order valence-corrected chi connectivity index (χ1v) is 11.2. The van der Waals surface area contributed by atoms with Gasteiger partial charge in [0.15, 0.2) is 0 Å². The number of esters is 2. The monoisotopic (exact) mass is 447 g/mol. The second-order valence-corrected chi connectivity index (χ2v) is 8.83. The van der Waals surface area contributed by atoms with Gasteiger partial charge in [0.2, 0.25) is 0 Å². The summed E-state index contributed by atoms with van der Waals surface area (Å²) in [6.07, 6.45) is -0.0223. The smallest absolute Gasteiger partial charge is 0.337 e. The van der Waals surface area contributed by atoms with E-state index in [-0.39, 0.29) is 12.4 Å². The van der Waals surface area contributed by atoms with Crippen LogP contribution in [0, 0.1) is 26.7 Å². The van der Waals surface area contributed by atoms with Crippen molar-refractivity contribution in [1.29, 1.82) is 0 Å². The predicted molar refractivity (Wildman–Crippen MR) is 125 cm³/mol. The third-order valence-electron chi connectivity index (χ3n) is 6.39. The van der Waals surface area contributed by atoms with Gasteiger partial charge < -0.3 is 14.6 Å². The highest BCUT2D eigenvalue weighted by atomic mass is 16.5. The first-order chi connectivity index (χ1) is 15.7. The molecule has 2 aliphatic heterocycles. The first kappa shape index (κ1) is 22.8. The van der Waals surface area contributed by atoms with Gasteiger partial charge in [-0.15, -0.1) is 0 Å². The number of carbonyl (C=O) groups excluding carboxylic acids is 2. The number of ether oxygens (including phenoxy) is 2. The number of aliphatic imine (C=N–C) groups is 1. The van der Waals surface area contributed by atoms with Crippen LogP contribution in [-0.4, -0.2) is 29.4 Å². The van der Waals surface area contributed by atoms with Gasteiger partial charge in [0, 0.05) is 18.1 Å². The molecule has 4 rings (SSSR count). The number of nitrogens with zero attached hydrogens (tertiary/aromatic N) is 1. The Morgan fingerprint density at radius 3 is 2.48 bits per heavy atom. The fourth-order valence-corrected chi connectivity index (χ4v) is 5.22. The van der Waals surface area contributed by atoms with Crippen LogP contribution in [0.3, 0.4) is 0 Å². The van der Waals surface area contributed by atoms with Crippen LogP contribution < -0.4 is 0 Å². The lowest BCUT2D eigenvalue weighted by Crippen LogP contribution is -2.38. The number of benzene rings is 2. The summed E-state index contributed by atoms with van der Waals surface area (Å²) >= 11 is 0. The van der Waals surface area contributed by atoms with Gasteiger partial charge in [-0.1, -0.05) is 29.8 Å². The highest BCUT2D eigenvalue weighted by Crippen LogP contribution is 2.47. The minimum Gasteiger partial charge on any atom is -0.508 e. The normalized spacial score (nSPS) is 22.4. The van der Waals surface area contributed by atoms with Gasteiger partial charge in [-0.25, -0.2) is 4.79 Å². The molecule has 172 valence electrons. The van der Waals surface area contributed by atoms with Crippen LogP contribution in [0.1, 0.15) is 60.1 Å². The largest absolute Gasteiger partial charge is 0.508 e. The number of phenols is 1. The van der Waals surface area contributed by atoms with Crippen molar-refractivity contribution >= 4 is 17.7 Å². The van der Waals surface area contributed by atoms with E-state index in [0.29, 0.717) is 29.0 Å². The lowest BCUT2D eigenvalue weighted by molar-refractivity contribution is -0.148. The molecule has 0 fully saturated rings. The summed E-state index contributed by atoms with van der Waals surface area (Å²) in [4.78, 5) is 31.1. The molecule has 2 heterocycles. The van der Waals surface area contributed by atoms with Crippen molar-refractivity contribution in [1.82, 2.24) is 0 Å². The number of hydrogen-bond donors (Lipinski definition) is 1. The molecule has 0 amide bonds. The highest BCUT2D eigenvalue weighted by molar-refractivity contribution is 6.07. The molecule has 33 heavy (non-hydrogen) atoms. The van der Waals surface area contributed by atoms with E-state index >= 15 is 0 Å². The summed E-state index contributed by atoms with van der Waals surface area (Å²) in [6, 6.07) is 10.8. The van der Waals surface area contributed by atoms with Crippen molar-refractivity contribution < 1.29 is 24.2 Å². The molecule has 3 atom stereocenters. The minimum absolute atomic E-state index is 0.0605. The van der Waals surface area contributed by atoms with Gasteiger partial charge in [0.25, 0.3) is 0 Å². The molecule has 2 aromatic rings. The lowest BCUT2D eigenvalue weighted by atomic mass is 9.74. The van der Waals surface area contributed by atoms with Crippen molar-refractivity contribution in [3.63, 3.8) is 0 Å². The molecular formula is C27H29NO5. The molecule has 2 aliphatic rings. The number of hydrogen-bond acceptors (Lipinski definition) is 6. The topological polar surface area (TPSA) is 85.2 Å². The second kappa shape index (κ2) is 8.85. The van der Waals surface area contributed by atoms with Crippen molar-refractivity contribution in [3.05, 3.63) is 75.5 Å². The number of cyclic esters (lactones) is 1. The Hall–Kier alpha value is -3.41. The minimum atomic E-state index is -0.766. The van der Waals surface area contributed by atoms with E-state index in [1.165, 1.54) is 0 Å². The molecule has 6 heteroatoms. The number of rotatable bonds is 4. The Kier molecular flexibility index (Phi) is 6.11. The zero-order chi connectivity index (χ0) is 23.9. The van der Waals surface area contributed by atoms with Crippen molar-refractivity contribution in [2.24, 2.45) is 10.9 Å². The Balaban J connectivity index is 1.83. The fraction of sp³-hybridized carbons (Fsp3) is 0.370. The Labute approximate surface area is 194 Å². The molecule has 2 aromatic carbocycles. The van der Waals surface area contributed by atoms with Gasteiger partial charge in [-0.3, -0.25) is 9.79 Å². The Morgan fingerprint density at radius 1 is 1.15 bits per heavy atom. The number of aryl methyl sites for hydroxylation is 3. The van der Waals surface area contributed by atoms with Gasteiger partial charge >= 0.3 is 11.9 Å². The maximum atomic E-state index is 13.4. The van der Waals surface area contributed by atoms with Crippen LogP contribution in [0.5, 0.6) is 5.75 Å². The summed E-state index contributed by atoms with van der Waals surface area (Å²) in [5.74, 6) is -2.28. The molecule has 3 unspecified atom stereocenters. The molecule has 0 saturated carbocycles. The Morgan fingerprint density at radius 2 is 1.85 bits per heavy atom. The SMILES string of the molecule is CCOC(=O)C1C(C)=NC2=C(C(=O)OC(c3c(C)cc(C)cc3C)C2)C1c1cccc(O)c1. The maximum Gasteiger partial charge on any atom is 0.337 e. The second-order valence-electron chi connectivity index (χ2n) is 8.83. The van der Waals surface area contributed by atoms with E-state index in [1.807, 2.05) is 20.8 Å². The number of phenolic OH excluding ortho intramolecular Hbond substituents is 1. The van der Waals surface area contributed by atoms with Crippen molar-refractivity contribution in [3.8, 4) is 5.75 Å². The average molecular weight is 448 g/mol. The molecule has 0 saturated heterocycles. The van der Waals surface area contributed by atoms with E-state index in [9.17, 15) is 14.7 Å². The summed E-state index contributed by atoms with van der Waals surface area (Å²) in [5.41, 5.74) is 6.52. The van der Waals surface area contributed by atoms with Crippen LogP contribution in [0.2, 0.25) is 0 Å².